The van der Waals surface area contributed by atoms with Crippen molar-refractivity contribution in [3.63, 3.8) is 0 Å². The normalized spacial score (nSPS) is 19.9. The van der Waals surface area contributed by atoms with E-state index in [0.29, 0.717) is 38.8 Å². The first-order valence-electron chi connectivity index (χ1n) is 14.5. The molecule has 0 aromatic carbocycles. The monoisotopic (exact) mass is 758 g/mol. The minimum absolute atomic E-state index is 0.232. The van der Waals surface area contributed by atoms with Crippen LogP contribution in [-0.4, -0.2) is 135 Å². The number of hydrogen-bond donors (Lipinski definition) is 2. The number of nitrogens with zero attached hydrogens (tertiary/aromatic N) is 2. The molecule has 4 atom stereocenters. The Morgan fingerprint density at radius 1 is 0.682 bits per heavy atom. The third-order valence-corrected chi connectivity index (χ3v) is 13.7. The van der Waals surface area contributed by atoms with E-state index in [1.807, 2.05) is 0 Å². The summed E-state index contributed by atoms with van der Waals surface area (Å²) in [4.78, 5) is 79.9. The summed E-state index contributed by atoms with van der Waals surface area (Å²) in [5, 5.41) is 5.89. The van der Waals surface area contributed by atoms with Crippen molar-refractivity contribution in [2.75, 3.05) is 27.3 Å². The van der Waals surface area contributed by atoms with Crippen molar-refractivity contribution in [2.45, 2.75) is 113 Å². The summed E-state index contributed by atoms with van der Waals surface area (Å²) in [6, 6.07) is -3.35. The van der Waals surface area contributed by atoms with Crippen molar-refractivity contribution in [3.8, 4) is 0 Å². The third kappa shape index (κ3) is 11.8. The van der Waals surface area contributed by atoms with E-state index in [1.165, 1.54) is 24.0 Å². The molecule has 0 aromatic heterocycles. The fourth-order valence-electron chi connectivity index (χ4n) is 4.70. The number of rotatable bonds is 11. The van der Waals surface area contributed by atoms with Gasteiger partial charge in [-0.1, -0.05) is 0 Å². The number of carbonyl (C=O) groups is 6. The molecule has 0 unspecified atom stereocenters. The number of likely N-dealkylation sites (tertiary alicyclic amines) is 2. The molecule has 2 N–H and O–H groups in total. The number of ether oxygens (including phenoxy) is 4. The predicted octanol–water partition coefficient (Wildman–Crippen LogP) is 1.26. The van der Waals surface area contributed by atoms with Crippen LogP contribution in [0.25, 0.3) is 0 Å². The number of carbonyl (C=O) groups excluding carboxylic acids is 6. The molecule has 0 aromatic rings. The Hall–Kier alpha value is -2.54. The zero-order valence-electron chi connectivity index (χ0n) is 26.8. The van der Waals surface area contributed by atoms with E-state index >= 15 is 0 Å². The molecule has 2 fully saturated rings. The van der Waals surface area contributed by atoms with E-state index in [9.17, 15) is 28.8 Å². The third-order valence-electron chi connectivity index (χ3n) is 6.55. The first-order valence-corrected chi connectivity index (χ1v) is 21.2. The molecule has 2 saturated heterocycles. The summed E-state index contributed by atoms with van der Waals surface area (Å²) in [5.74, 6) is -1.83. The molecular weight excluding hydrogens is 710 g/mol. The van der Waals surface area contributed by atoms with Crippen molar-refractivity contribution in [3.05, 3.63) is 0 Å². The maximum atomic E-state index is 13.6. The molecule has 14 nitrogen and oxygen atoms in total. The van der Waals surface area contributed by atoms with Crippen molar-refractivity contribution < 1.29 is 47.7 Å². The molecule has 0 aliphatic carbocycles. The summed E-state index contributed by atoms with van der Waals surface area (Å²) < 4.78 is 20.5. The fraction of sp³-hybridized carbons (Fsp3) is 0.786. The van der Waals surface area contributed by atoms with Gasteiger partial charge in [-0.2, -0.15) is 0 Å². The molecule has 0 radical (unpaired) electrons. The van der Waals surface area contributed by atoms with E-state index in [2.05, 4.69) is 10.6 Å². The van der Waals surface area contributed by atoms with Crippen LogP contribution in [0.15, 0.2) is 0 Å². The molecule has 44 heavy (non-hydrogen) atoms. The van der Waals surface area contributed by atoms with Crippen LogP contribution in [-0.2, 0) is 38.1 Å². The molecule has 2 heterocycles. The second-order valence-electron chi connectivity index (χ2n) is 12.4. The molecule has 0 saturated carbocycles. The van der Waals surface area contributed by atoms with Gasteiger partial charge in [0, 0.05) is 0 Å². The second kappa shape index (κ2) is 16.7. The van der Waals surface area contributed by atoms with Crippen molar-refractivity contribution >= 4 is 62.2 Å². The Bertz CT molecular complexity index is 980. The molecular formula is C28H46N4O10Se2. The summed E-state index contributed by atoms with van der Waals surface area (Å²) >= 11 is -0.465. The molecule has 2 aliphatic heterocycles. The van der Waals surface area contributed by atoms with Gasteiger partial charge in [0.1, 0.15) is 0 Å². The number of alkyl carbamates (subject to hydrolysis) is 2. The van der Waals surface area contributed by atoms with Gasteiger partial charge in [0.05, 0.1) is 0 Å². The van der Waals surface area contributed by atoms with Crippen LogP contribution in [0.3, 0.4) is 0 Å². The minimum atomic E-state index is -0.952. The number of nitrogens with one attached hydrogen (secondary N) is 2. The average Bonchev–Trinajstić information content (AvgIpc) is 3.60. The molecule has 4 amide bonds. The molecule has 16 heteroatoms. The Labute approximate surface area is 270 Å². The van der Waals surface area contributed by atoms with Gasteiger partial charge < -0.3 is 0 Å². The average molecular weight is 757 g/mol. The molecule has 0 bridgehead atoms. The van der Waals surface area contributed by atoms with E-state index < -0.39 is 71.3 Å². The number of hydrogen-bond acceptors (Lipinski definition) is 10. The van der Waals surface area contributed by atoms with E-state index in [-0.39, 0.29) is 36.9 Å². The summed E-state index contributed by atoms with van der Waals surface area (Å²) in [5.41, 5.74) is -1.57. The van der Waals surface area contributed by atoms with Crippen molar-refractivity contribution in [1.82, 2.24) is 20.4 Å². The van der Waals surface area contributed by atoms with Crippen molar-refractivity contribution in [2.24, 2.45) is 0 Å². The first kappa shape index (κ1) is 37.6. The van der Waals surface area contributed by atoms with Gasteiger partial charge >= 0.3 is 271 Å². The molecule has 0 spiro atoms. The van der Waals surface area contributed by atoms with Crippen LogP contribution in [0.1, 0.15) is 67.2 Å². The van der Waals surface area contributed by atoms with Gasteiger partial charge in [0.25, 0.3) is 0 Å². The zero-order valence-corrected chi connectivity index (χ0v) is 30.2. The number of esters is 2. The van der Waals surface area contributed by atoms with E-state index in [4.69, 9.17) is 18.9 Å². The SMILES string of the molecule is COC(=O)[C@@H]1CCCN1C(=O)[C@H](C[Se][Se]C[C@H](NC(=O)OC(C)(C)C)C(=O)N1CCC[C@H]1C(=O)OC)NC(=O)OC(C)(C)C. The molecule has 2 rings (SSSR count). The Balaban J connectivity index is 2.16. The van der Waals surface area contributed by atoms with Crippen molar-refractivity contribution in [1.29, 1.82) is 0 Å². The van der Waals surface area contributed by atoms with Crippen LogP contribution >= 0.6 is 0 Å². The van der Waals surface area contributed by atoms with Gasteiger partial charge in [0.15, 0.2) is 0 Å². The summed E-state index contributed by atoms with van der Waals surface area (Å²) in [7, 11) is 2.54. The fourth-order valence-corrected chi connectivity index (χ4v) is 11.7. The topological polar surface area (TPSA) is 170 Å². The quantitative estimate of drug-likeness (QED) is 0.136. The van der Waals surface area contributed by atoms with Crippen LogP contribution in [0.5, 0.6) is 0 Å². The number of methoxy groups -OCH3 is 2. The van der Waals surface area contributed by atoms with Gasteiger partial charge in [-0.15, -0.1) is 0 Å². The van der Waals surface area contributed by atoms with Gasteiger partial charge in [0.2, 0.25) is 0 Å². The Kier molecular flexibility index (Phi) is 14.3. The summed E-state index contributed by atoms with van der Waals surface area (Å²) in [6.45, 7) is 11.0. The van der Waals surface area contributed by atoms with E-state index in [0.717, 1.165) is 0 Å². The van der Waals surface area contributed by atoms with Gasteiger partial charge in [-0.05, 0) is 0 Å². The standard InChI is InChI=1S/C28H46N4O10Se2/c1-27(2,3)41-25(37)29-17(21(33)31-13-9-11-19(31)23(35)39-7)15-43-44-16-18(30-26(38)42-28(4,5)6)22(34)32-14-10-12-20(32)24(36)40-8/h17-20H,9-16H2,1-8H3,(H,29,37)(H,30,38)/t17-,18-,19-,20-/m0/s1. The van der Waals surface area contributed by atoms with Crippen LogP contribution < -0.4 is 10.6 Å². The second-order valence-corrected chi connectivity index (χ2v) is 19.9. The summed E-state index contributed by atoms with van der Waals surface area (Å²) in [6.07, 6.45) is 0.684. The zero-order chi connectivity index (χ0) is 33.2. The Morgan fingerprint density at radius 3 is 1.32 bits per heavy atom. The first-order chi connectivity index (χ1) is 20.5. The maximum absolute atomic E-state index is 13.6. The van der Waals surface area contributed by atoms with Gasteiger partial charge in [-0.3, -0.25) is 0 Å². The molecule has 250 valence electrons. The van der Waals surface area contributed by atoms with Gasteiger partial charge in [-0.25, -0.2) is 0 Å². The van der Waals surface area contributed by atoms with Crippen LogP contribution in [0.4, 0.5) is 9.59 Å². The van der Waals surface area contributed by atoms with Crippen LogP contribution in [0, 0.1) is 0 Å². The number of amides is 4. The van der Waals surface area contributed by atoms with E-state index in [1.54, 1.807) is 41.5 Å². The van der Waals surface area contributed by atoms with Crippen LogP contribution in [0.2, 0.25) is 10.6 Å². The Morgan fingerprint density at radius 2 is 1.02 bits per heavy atom. The predicted molar refractivity (Wildman–Crippen MR) is 161 cm³/mol. The molecule has 2 aliphatic rings.